The van der Waals surface area contributed by atoms with E-state index in [0.29, 0.717) is 12.4 Å². The summed E-state index contributed by atoms with van der Waals surface area (Å²) in [6.45, 7) is 8.16. The molecular weight excluding hydrogens is 386 g/mol. The Morgan fingerprint density at radius 2 is 2.07 bits per heavy atom. The predicted octanol–water partition coefficient (Wildman–Crippen LogP) is 2.45. The van der Waals surface area contributed by atoms with Crippen LogP contribution in [0.3, 0.4) is 0 Å². The van der Waals surface area contributed by atoms with Crippen LogP contribution in [0.2, 0.25) is 0 Å². The van der Waals surface area contributed by atoms with E-state index < -0.39 is 0 Å². The number of thioether (sulfide) groups is 1. The number of hydrogen-bond donors (Lipinski definition) is 0. The standard InChI is InChI=1S/C21H31N5O2S/c1-18-7-3-4-8-19(18)15-24-9-5-10-25(13-12-24)20(27)16-29-21-23-22-17-26(21)11-6-14-28-2/h3-4,7-8,17H,5-6,9-16H2,1-2H3. The number of benzene rings is 1. The predicted molar refractivity (Wildman–Crippen MR) is 115 cm³/mol. The van der Waals surface area contributed by atoms with Gasteiger partial charge in [-0.25, -0.2) is 0 Å². The highest BCUT2D eigenvalue weighted by atomic mass is 32.2. The quantitative estimate of drug-likeness (QED) is 0.461. The molecule has 2 aromatic rings. The molecule has 29 heavy (non-hydrogen) atoms. The molecule has 1 aliphatic heterocycles. The van der Waals surface area contributed by atoms with Crippen LogP contribution in [0.4, 0.5) is 0 Å². The first-order valence-corrected chi connectivity index (χ1v) is 11.2. The lowest BCUT2D eigenvalue weighted by atomic mass is 10.1. The molecule has 8 heteroatoms. The average molecular weight is 418 g/mol. The number of carbonyl (C=O) groups excluding carboxylic acids is 1. The van der Waals surface area contributed by atoms with Crippen LogP contribution in [0.1, 0.15) is 24.0 Å². The van der Waals surface area contributed by atoms with Gasteiger partial charge in [0.2, 0.25) is 5.91 Å². The van der Waals surface area contributed by atoms with Gasteiger partial charge in [0.05, 0.1) is 5.75 Å². The number of nitrogens with zero attached hydrogens (tertiary/aromatic N) is 5. The van der Waals surface area contributed by atoms with Crippen molar-refractivity contribution in [1.82, 2.24) is 24.6 Å². The van der Waals surface area contributed by atoms with Gasteiger partial charge in [-0.1, -0.05) is 36.0 Å². The Labute approximate surface area is 177 Å². The van der Waals surface area contributed by atoms with Crippen LogP contribution >= 0.6 is 11.8 Å². The van der Waals surface area contributed by atoms with Crippen molar-refractivity contribution in [3.05, 3.63) is 41.7 Å². The summed E-state index contributed by atoms with van der Waals surface area (Å²) < 4.78 is 7.09. The van der Waals surface area contributed by atoms with Crippen molar-refractivity contribution in [1.29, 1.82) is 0 Å². The number of aryl methyl sites for hydroxylation is 2. The van der Waals surface area contributed by atoms with Gasteiger partial charge in [0.1, 0.15) is 6.33 Å². The molecule has 1 saturated heterocycles. The van der Waals surface area contributed by atoms with E-state index in [9.17, 15) is 4.79 Å². The summed E-state index contributed by atoms with van der Waals surface area (Å²) in [6, 6.07) is 8.54. The summed E-state index contributed by atoms with van der Waals surface area (Å²) in [5, 5.41) is 8.93. The van der Waals surface area contributed by atoms with E-state index in [4.69, 9.17) is 4.74 Å². The molecule has 0 spiro atoms. The van der Waals surface area contributed by atoms with E-state index in [-0.39, 0.29) is 5.91 Å². The highest BCUT2D eigenvalue weighted by Gasteiger charge is 2.20. The van der Waals surface area contributed by atoms with Crippen LogP contribution in [0.25, 0.3) is 0 Å². The van der Waals surface area contributed by atoms with Crippen molar-refractivity contribution >= 4 is 17.7 Å². The lowest BCUT2D eigenvalue weighted by molar-refractivity contribution is -0.128. The minimum atomic E-state index is 0.180. The summed E-state index contributed by atoms with van der Waals surface area (Å²) in [5.41, 5.74) is 2.70. The molecule has 2 heterocycles. The maximum atomic E-state index is 12.7. The van der Waals surface area contributed by atoms with Crippen molar-refractivity contribution in [3.8, 4) is 0 Å². The SMILES string of the molecule is COCCCn1cnnc1SCC(=O)N1CCCN(Cc2ccccc2C)CC1. The van der Waals surface area contributed by atoms with Crippen molar-refractivity contribution in [2.24, 2.45) is 0 Å². The van der Waals surface area contributed by atoms with Gasteiger partial charge in [-0.3, -0.25) is 9.69 Å². The number of methoxy groups -OCH3 is 1. The Kier molecular flexibility index (Phi) is 8.52. The number of rotatable bonds is 9. The fourth-order valence-electron chi connectivity index (χ4n) is 3.51. The number of amides is 1. The van der Waals surface area contributed by atoms with E-state index in [1.165, 1.54) is 22.9 Å². The smallest absolute Gasteiger partial charge is 0.233 e. The monoisotopic (exact) mass is 417 g/mol. The molecule has 158 valence electrons. The van der Waals surface area contributed by atoms with Crippen LogP contribution in [0.5, 0.6) is 0 Å². The van der Waals surface area contributed by atoms with Crippen LogP contribution in [-0.4, -0.2) is 76.1 Å². The molecule has 0 bridgehead atoms. The van der Waals surface area contributed by atoms with Crippen LogP contribution < -0.4 is 0 Å². The van der Waals surface area contributed by atoms with E-state index >= 15 is 0 Å². The van der Waals surface area contributed by atoms with Crippen LogP contribution in [-0.2, 0) is 22.6 Å². The van der Waals surface area contributed by atoms with E-state index in [1.54, 1.807) is 13.4 Å². The van der Waals surface area contributed by atoms with Crippen molar-refractivity contribution in [3.63, 3.8) is 0 Å². The maximum absolute atomic E-state index is 12.7. The third-order valence-electron chi connectivity index (χ3n) is 5.25. The van der Waals surface area contributed by atoms with Gasteiger partial charge in [-0.05, 0) is 30.9 Å². The molecule has 1 aliphatic rings. The molecule has 0 atom stereocenters. The summed E-state index contributed by atoms with van der Waals surface area (Å²) >= 11 is 1.47. The summed E-state index contributed by atoms with van der Waals surface area (Å²) in [7, 11) is 1.70. The van der Waals surface area contributed by atoms with E-state index in [2.05, 4.69) is 46.3 Å². The van der Waals surface area contributed by atoms with Gasteiger partial charge >= 0.3 is 0 Å². The maximum Gasteiger partial charge on any atom is 0.233 e. The molecular formula is C21H31N5O2S. The number of carbonyl (C=O) groups is 1. The zero-order valence-electron chi connectivity index (χ0n) is 17.4. The Bertz CT molecular complexity index is 782. The molecule has 3 rings (SSSR count). The zero-order valence-corrected chi connectivity index (χ0v) is 18.2. The van der Waals surface area contributed by atoms with Crippen LogP contribution in [0.15, 0.2) is 35.7 Å². The highest BCUT2D eigenvalue weighted by molar-refractivity contribution is 7.99. The summed E-state index contributed by atoms with van der Waals surface area (Å²) in [5.74, 6) is 0.583. The number of ether oxygens (including phenoxy) is 1. The molecule has 0 saturated carbocycles. The first kappa shape index (κ1) is 21.8. The molecule has 7 nitrogen and oxygen atoms in total. The summed E-state index contributed by atoms with van der Waals surface area (Å²) in [6.07, 6.45) is 3.63. The van der Waals surface area contributed by atoms with Gasteiger partial charge in [-0.15, -0.1) is 10.2 Å². The Morgan fingerprint density at radius 1 is 1.21 bits per heavy atom. The van der Waals surface area contributed by atoms with Crippen molar-refractivity contribution < 1.29 is 9.53 Å². The molecule has 1 fully saturated rings. The second kappa shape index (κ2) is 11.3. The Hall–Kier alpha value is -1.90. The van der Waals surface area contributed by atoms with E-state index in [0.717, 1.165) is 57.3 Å². The second-order valence-corrected chi connectivity index (χ2v) is 8.32. The number of aromatic nitrogens is 3. The molecule has 1 aromatic heterocycles. The third-order valence-corrected chi connectivity index (χ3v) is 6.21. The minimum absolute atomic E-state index is 0.180. The highest BCUT2D eigenvalue weighted by Crippen LogP contribution is 2.17. The third kappa shape index (κ3) is 6.55. The van der Waals surface area contributed by atoms with E-state index in [1.807, 2.05) is 9.47 Å². The molecule has 0 radical (unpaired) electrons. The Morgan fingerprint density at radius 3 is 2.90 bits per heavy atom. The van der Waals surface area contributed by atoms with Gasteiger partial charge in [0, 0.05) is 53.0 Å². The normalized spacial score (nSPS) is 15.4. The number of hydrogen-bond acceptors (Lipinski definition) is 6. The van der Waals surface area contributed by atoms with Crippen LogP contribution in [0, 0.1) is 6.92 Å². The van der Waals surface area contributed by atoms with Gasteiger partial charge < -0.3 is 14.2 Å². The summed E-state index contributed by atoms with van der Waals surface area (Å²) in [4.78, 5) is 17.2. The van der Waals surface area contributed by atoms with Gasteiger partial charge in [-0.2, -0.15) is 0 Å². The van der Waals surface area contributed by atoms with Crippen molar-refractivity contribution in [2.45, 2.75) is 38.0 Å². The van der Waals surface area contributed by atoms with Gasteiger partial charge in [0.15, 0.2) is 5.16 Å². The topological polar surface area (TPSA) is 63.5 Å². The molecule has 1 aromatic carbocycles. The molecule has 0 unspecified atom stereocenters. The first-order chi connectivity index (χ1) is 14.2. The molecule has 1 amide bonds. The fraction of sp³-hybridized carbons (Fsp3) is 0.571. The lowest BCUT2D eigenvalue weighted by Gasteiger charge is -2.22. The molecule has 0 aliphatic carbocycles. The Balaban J connectivity index is 1.46. The fourth-order valence-corrected chi connectivity index (χ4v) is 4.36. The molecule has 0 N–H and O–H groups in total. The van der Waals surface area contributed by atoms with Crippen molar-refractivity contribution in [2.75, 3.05) is 45.6 Å². The first-order valence-electron chi connectivity index (χ1n) is 10.2. The lowest BCUT2D eigenvalue weighted by Crippen LogP contribution is -2.36. The largest absolute Gasteiger partial charge is 0.385 e. The van der Waals surface area contributed by atoms with Gasteiger partial charge in [0.25, 0.3) is 0 Å². The zero-order chi connectivity index (χ0) is 20.5. The average Bonchev–Trinajstić information content (AvgIpc) is 3.04. The second-order valence-electron chi connectivity index (χ2n) is 7.38. The minimum Gasteiger partial charge on any atom is -0.385 e.